The van der Waals surface area contributed by atoms with Gasteiger partial charge in [0.15, 0.2) is 0 Å². The Labute approximate surface area is 147 Å². The highest BCUT2D eigenvalue weighted by Gasteiger charge is 2.28. The first-order valence-electron chi connectivity index (χ1n) is 7.80. The second-order valence-electron chi connectivity index (χ2n) is 5.46. The predicted octanol–water partition coefficient (Wildman–Crippen LogP) is 0.807. The summed E-state index contributed by atoms with van der Waals surface area (Å²) in [6.45, 7) is 3.62. The third-order valence-corrected chi connectivity index (χ3v) is 3.69. The molecule has 1 heterocycles. The summed E-state index contributed by atoms with van der Waals surface area (Å²) in [5, 5.41) is 18.2. The normalized spacial score (nSPS) is 11.8. The van der Waals surface area contributed by atoms with Gasteiger partial charge in [-0.1, -0.05) is 12.1 Å². The molecule has 0 bridgehead atoms. The fourth-order valence-electron chi connectivity index (χ4n) is 2.62. The predicted molar refractivity (Wildman–Crippen MR) is 91.1 cm³/mol. The lowest BCUT2D eigenvalue weighted by atomic mass is 10.2. The summed E-state index contributed by atoms with van der Waals surface area (Å²) < 4.78 is 7.05. The summed E-state index contributed by atoms with van der Waals surface area (Å²) in [6, 6.07) is 5.84. The first-order valence-corrected chi connectivity index (χ1v) is 7.80. The van der Waals surface area contributed by atoms with Gasteiger partial charge in [0.25, 0.3) is 5.56 Å². The molecule has 26 heavy (non-hydrogen) atoms. The van der Waals surface area contributed by atoms with Crippen LogP contribution in [0.15, 0.2) is 39.9 Å². The summed E-state index contributed by atoms with van der Waals surface area (Å²) in [6.07, 6.45) is -0.902. The molecule has 2 N–H and O–H groups in total. The number of carboxylic acids is 2. The first kappa shape index (κ1) is 19.0. The Balaban J connectivity index is 2.79. The lowest BCUT2D eigenvalue weighted by Gasteiger charge is -2.18. The van der Waals surface area contributed by atoms with E-state index in [4.69, 9.17) is 9.84 Å². The number of rotatable bonds is 7. The molecule has 2 aromatic rings. The molecule has 0 aliphatic rings. The van der Waals surface area contributed by atoms with Crippen LogP contribution in [0.4, 0.5) is 0 Å². The van der Waals surface area contributed by atoms with Crippen LogP contribution in [-0.4, -0.2) is 37.9 Å². The molecule has 0 amide bonds. The number of carbonyl (C=O) groups is 2. The van der Waals surface area contributed by atoms with Gasteiger partial charge in [-0.05, 0) is 26.0 Å². The number of aryl methyl sites for hydroxylation is 1. The first-order chi connectivity index (χ1) is 12.3. The molecule has 1 aromatic carbocycles. The number of aliphatic carboxylic acids is 2. The van der Waals surface area contributed by atoms with Gasteiger partial charge < -0.3 is 14.9 Å². The monoisotopic (exact) mass is 362 g/mol. The van der Waals surface area contributed by atoms with Crippen LogP contribution in [0.25, 0.3) is 5.69 Å². The molecule has 0 unspecified atom stereocenters. The summed E-state index contributed by atoms with van der Waals surface area (Å²) in [4.78, 5) is 47.6. The topological polar surface area (TPSA) is 128 Å². The number of hydrogen-bond acceptors (Lipinski definition) is 5. The Kier molecular flexibility index (Phi) is 5.61. The summed E-state index contributed by atoms with van der Waals surface area (Å²) >= 11 is 0. The highest BCUT2D eigenvalue weighted by atomic mass is 16.5. The van der Waals surface area contributed by atoms with Crippen LogP contribution in [0.3, 0.4) is 0 Å². The molecule has 9 nitrogen and oxygen atoms in total. The Morgan fingerprint density at radius 2 is 1.85 bits per heavy atom. The zero-order valence-electron chi connectivity index (χ0n) is 14.2. The van der Waals surface area contributed by atoms with Crippen LogP contribution in [0.2, 0.25) is 0 Å². The van der Waals surface area contributed by atoms with E-state index >= 15 is 0 Å². The number of aromatic nitrogens is 2. The van der Waals surface area contributed by atoms with Crippen LogP contribution in [0.5, 0.6) is 5.75 Å². The zero-order chi connectivity index (χ0) is 19.4. The van der Waals surface area contributed by atoms with Crippen LogP contribution < -0.4 is 16.0 Å². The zero-order valence-corrected chi connectivity index (χ0v) is 14.2. The Morgan fingerprint density at radius 1 is 1.19 bits per heavy atom. The van der Waals surface area contributed by atoms with Gasteiger partial charge in [0.1, 0.15) is 11.8 Å². The Hall–Kier alpha value is -3.36. The number of ether oxygens (including phenoxy) is 1. The standard InChI is InChI=1S/C17H18N2O7/c1-3-26-13-7-5-4-6-11(13)18-10(2)8-14(20)19(17(18)25)12(16(23)24)9-15(21)22/h4-8,12H,3,9H2,1-2H3,(H,21,22)(H,23,24)/t12-/m0/s1. The van der Waals surface area contributed by atoms with Gasteiger partial charge in [-0.15, -0.1) is 0 Å². The summed E-state index contributed by atoms with van der Waals surface area (Å²) in [7, 11) is 0. The number of nitrogens with zero attached hydrogens (tertiary/aromatic N) is 2. The summed E-state index contributed by atoms with van der Waals surface area (Å²) in [5.41, 5.74) is -1.24. The van der Waals surface area contributed by atoms with Gasteiger partial charge in [-0.25, -0.2) is 14.2 Å². The van der Waals surface area contributed by atoms with Crippen molar-refractivity contribution >= 4 is 11.9 Å². The van der Waals surface area contributed by atoms with Crippen molar-refractivity contribution in [2.75, 3.05) is 6.61 Å². The van der Waals surface area contributed by atoms with Gasteiger partial charge in [-0.3, -0.25) is 14.2 Å². The van der Waals surface area contributed by atoms with Gasteiger partial charge in [0, 0.05) is 11.8 Å². The highest BCUT2D eigenvalue weighted by Crippen LogP contribution is 2.22. The van der Waals surface area contributed by atoms with Crippen molar-refractivity contribution in [3.8, 4) is 11.4 Å². The van der Waals surface area contributed by atoms with E-state index in [1.54, 1.807) is 31.2 Å². The maximum Gasteiger partial charge on any atom is 0.336 e. The molecule has 0 aliphatic carbocycles. The third kappa shape index (κ3) is 3.66. The Morgan fingerprint density at radius 3 is 2.42 bits per heavy atom. The van der Waals surface area contributed by atoms with Crippen LogP contribution >= 0.6 is 0 Å². The molecule has 2 rings (SSSR count). The van der Waals surface area contributed by atoms with Crippen molar-refractivity contribution in [1.82, 2.24) is 9.13 Å². The van der Waals surface area contributed by atoms with Crippen molar-refractivity contribution in [3.63, 3.8) is 0 Å². The fraction of sp³-hybridized carbons (Fsp3) is 0.294. The highest BCUT2D eigenvalue weighted by molar-refractivity contribution is 5.79. The van der Waals surface area contributed by atoms with Crippen molar-refractivity contribution in [2.45, 2.75) is 26.3 Å². The van der Waals surface area contributed by atoms with E-state index in [1.807, 2.05) is 0 Å². The molecule has 0 aliphatic heterocycles. The van der Waals surface area contributed by atoms with Crippen molar-refractivity contribution < 1.29 is 24.5 Å². The van der Waals surface area contributed by atoms with Crippen molar-refractivity contribution in [1.29, 1.82) is 0 Å². The summed E-state index contributed by atoms with van der Waals surface area (Å²) in [5.74, 6) is -2.65. The van der Waals surface area contributed by atoms with Crippen LogP contribution in [-0.2, 0) is 9.59 Å². The molecular weight excluding hydrogens is 344 g/mol. The molecule has 0 saturated carbocycles. The molecule has 1 atom stereocenters. The number of carboxylic acid groups (broad SMARTS) is 2. The lowest BCUT2D eigenvalue weighted by molar-refractivity contribution is -0.147. The van der Waals surface area contributed by atoms with Gasteiger partial charge >= 0.3 is 17.6 Å². The molecule has 138 valence electrons. The van der Waals surface area contributed by atoms with Gasteiger partial charge in [0.2, 0.25) is 0 Å². The van der Waals surface area contributed by atoms with Crippen molar-refractivity contribution in [3.05, 3.63) is 56.9 Å². The number of hydrogen-bond donors (Lipinski definition) is 2. The Bertz CT molecular complexity index is 958. The molecule has 0 saturated heterocycles. The SMILES string of the molecule is CCOc1ccccc1-n1c(C)cc(=O)n([C@@H](CC(=O)O)C(=O)O)c1=O. The van der Waals surface area contributed by atoms with E-state index < -0.39 is 35.7 Å². The van der Waals surface area contributed by atoms with E-state index in [0.717, 1.165) is 10.6 Å². The third-order valence-electron chi connectivity index (χ3n) is 3.69. The van der Waals surface area contributed by atoms with Gasteiger partial charge in [-0.2, -0.15) is 0 Å². The van der Waals surface area contributed by atoms with E-state index in [2.05, 4.69) is 0 Å². The molecular formula is C17H18N2O7. The molecule has 9 heteroatoms. The number of benzene rings is 1. The average molecular weight is 362 g/mol. The second-order valence-corrected chi connectivity index (χ2v) is 5.46. The minimum absolute atomic E-state index is 0.267. The second kappa shape index (κ2) is 7.68. The van der Waals surface area contributed by atoms with Crippen molar-refractivity contribution in [2.24, 2.45) is 0 Å². The van der Waals surface area contributed by atoms with E-state index in [-0.39, 0.29) is 5.69 Å². The molecule has 0 radical (unpaired) electrons. The fourth-order valence-corrected chi connectivity index (χ4v) is 2.62. The van der Waals surface area contributed by atoms with E-state index in [1.165, 1.54) is 6.92 Å². The largest absolute Gasteiger partial charge is 0.492 e. The maximum absolute atomic E-state index is 12.9. The average Bonchev–Trinajstić information content (AvgIpc) is 2.55. The maximum atomic E-state index is 12.9. The molecule has 0 fully saturated rings. The van der Waals surface area contributed by atoms with Crippen LogP contribution in [0, 0.1) is 6.92 Å². The lowest BCUT2D eigenvalue weighted by Crippen LogP contribution is -2.45. The quantitative estimate of drug-likeness (QED) is 0.746. The van der Waals surface area contributed by atoms with E-state index in [0.29, 0.717) is 22.6 Å². The van der Waals surface area contributed by atoms with Gasteiger partial charge in [0.05, 0.1) is 18.7 Å². The smallest absolute Gasteiger partial charge is 0.336 e. The molecule has 1 aromatic heterocycles. The number of para-hydroxylation sites is 2. The minimum Gasteiger partial charge on any atom is -0.492 e. The van der Waals surface area contributed by atoms with E-state index in [9.17, 15) is 24.3 Å². The minimum atomic E-state index is -1.82. The van der Waals surface area contributed by atoms with Crippen LogP contribution in [0.1, 0.15) is 25.1 Å². The molecule has 0 spiro atoms.